The quantitative estimate of drug-likeness (QED) is 0.195. The van der Waals surface area contributed by atoms with Crippen LogP contribution in [0.5, 0.6) is 0 Å². The molecule has 13 nitrogen and oxygen atoms in total. The lowest BCUT2D eigenvalue weighted by Gasteiger charge is -2.71. The van der Waals surface area contributed by atoms with Crippen molar-refractivity contribution in [3.63, 3.8) is 0 Å². The van der Waals surface area contributed by atoms with Gasteiger partial charge in [-0.05, 0) is 124 Å². The van der Waals surface area contributed by atoms with Crippen molar-refractivity contribution in [3.05, 3.63) is 0 Å². The molecule has 8 aliphatic rings. The SMILES string of the molecule is CC1OC(OC2C(OC3CCC4(C)C(CCC5(C)C4CC4OC6(C(C)(C)O)CCC(C)(O6)C6CCC5(C)C46)C3(C)C)OC(CO)C(O)C2O)C(O)C(O)C1O. The summed E-state index contributed by atoms with van der Waals surface area (Å²) in [4.78, 5) is 0. The van der Waals surface area contributed by atoms with Crippen molar-refractivity contribution in [2.45, 2.75) is 211 Å². The van der Waals surface area contributed by atoms with E-state index in [-0.39, 0.29) is 45.4 Å². The van der Waals surface area contributed by atoms with Gasteiger partial charge in [0.15, 0.2) is 18.4 Å². The molecule has 55 heavy (non-hydrogen) atoms. The molecule has 4 aliphatic heterocycles. The lowest BCUT2D eigenvalue weighted by Crippen LogP contribution is -2.68. The molecule has 4 saturated heterocycles. The summed E-state index contributed by atoms with van der Waals surface area (Å²) < 4.78 is 39.0. The van der Waals surface area contributed by atoms with E-state index in [1.807, 2.05) is 13.8 Å². The number of aliphatic hydroxyl groups is 7. The molecule has 4 saturated carbocycles. The van der Waals surface area contributed by atoms with Crippen molar-refractivity contribution in [2.75, 3.05) is 6.61 Å². The van der Waals surface area contributed by atoms with Crippen LogP contribution in [0, 0.1) is 45.3 Å². The molecule has 0 spiro atoms. The van der Waals surface area contributed by atoms with Gasteiger partial charge in [0.1, 0.15) is 48.3 Å². The van der Waals surface area contributed by atoms with E-state index in [2.05, 4.69) is 41.5 Å². The van der Waals surface area contributed by atoms with Gasteiger partial charge in [-0.3, -0.25) is 0 Å². The van der Waals surface area contributed by atoms with Gasteiger partial charge in [0.25, 0.3) is 0 Å². The van der Waals surface area contributed by atoms with E-state index in [4.69, 9.17) is 28.4 Å². The molecule has 7 N–H and O–H groups in total. The van der Waals surface area contributed by atoms with Gasteiger partial charge in [0.2, 0.25) is 0 Å². The topological polar surface area (TPSA) is 197 Å². The monoisotopic (exact) mass is 782 g/mol. The van der Waals surface area contributed by atoms with Crippen LogP contribution in [0.25, 0.3) is 0 Å². The first-order valence-corrected chi connectivity index (χ1v) is 21.2. The van der Waals surface area contributed by atoms with Crippen molar-refractivity contribution >= 4 is 0 Å². The maximum absolute atomic E-state index is 11.6. The molecule has 21 atom stereocenters. The summed E-state index contributed by atoms with van der Waals surface area (Å²) in [7, 11) is 0. The van der Waals surface area contributed by atoms with Crippen molar-refractivity contribution < 1.29 is 64.2 Å². The number of hydrogen-bond acceptors (Lipinski definition) is 13. The Bertz CT molecular complexity index is 1460. The summed E-state index contributed by atoms with van der Waals surface area (Å²) in [5, 5.41) is 75.4. The Balaban J connectivity index is 1.07. The average molecular weight is 783 g/mol. The Morgan fingerprint density at radius 2 is 1.40 bits per heavy atom. The molecule has 4 heterocycles. The Kier molecular flexibility index (Phi) is 9.92. The number of rotatable bonds is 6. The molecular weight excluding hydrogens is 712 g/mol. The molecule has 8 rings (SSSR count). The molecule has 8 fully saturated rings. The van der Waals surface area contributed by atoms with Crippen LogP contribution in [0.1, 0.15) is 120 Å². The van der Waals surface area contributed by atoms with Gasteiger partial charge in [-0.1, -0.05) is 34.6 Å². The van der Waals surface area contributed by atoms with E-state index in [1.165, 1.54) is 6.92 Å². The molecule has 316 valence electrons. The second kappa shape index (κ2) is 13.2. The fourth-order valence-corrected chi connectivity index (χ4v) is 14.6. The van der Waals surface area contributed by atoms with Crippen LogP contribution < -0.4 is 0 Å². The lowest BCUT2D eigenvalue weighted by molar-refractivity contribution is -0.377. The zero-order valence-corrected chi connectivity index (χ0v) is 34.4. The van der Waals surface area contributed by atoms with Gasteiger partial charge >= 0.3 is 0 Å². The van der Waals surface area contributed by atoms with E-state index in [0.717, 1.165) is 44.9 Å². The van der Waals surface area contributed by atoms with Crippen LogP contribution in [0.3, 0.4) is 0 Å². The maximum Gasteiger partial charge on any atom is 0.197 e. The first-order chi connectivity index (χ1) is 25.5. The highest BCUT2D eigenvalue weighted by molar-refractivity contribution is 5.22. The summed E-state index contributed by atoms with van der Waals surface area (Å²) in [5.41, 5.74) is -1.82. The molecule has 0 aromatic carbocycles. The summed E-state index contributed by atoms with van der Waals surface area (Å²) in [6.45, 7) is 19.0. The molecule has 0 aromatic rings. The Hall–Kier alpha value is -0.520. The van der Waals surface area contributed by atoms with Crippen LogP contribution in [-0.4, -0.2) is 133 Å². The molecule has 4 aliphatic carbocycles. The minimum atomic E-state index is -1.64. The molecule has 13 heteroatoms. The van der Waals surface area contributed by atoms with Gasteiger partial charge in [-0.25, -0.2) is 0 Å². The zero-order valence-electron chi connectivity index (χ0n) is 34.4. The van der Waals surface area contributed by atoms with Crippen molar-refractivity contribution in [3.8, 4) is 0 Å². The molecule has 0 radical (unpaired) electrons. The van der Waals surface area contributed by atoms with E-state index in [9.17, 15) is 35.7 Å². The Labute approximate surface area is 326 Å². The van der Waals surface area contributed by atoms with E-state index < -0.39 is 79.4 Å². The van der Waals surface area contributed by atoms with E-state index >= 15 is 0 Å². The van der Waals surface area contributed by atoms with Crippen LogP contribution in [0.15, 0.2) is 0 Å². The lowest BCUT2D eigenvalue weighted by atomic mass is 9.35. The average Bonchev–Trinajstić information content (AvgIpc) is 3.63. The smallest absolute Gasteiger partial charge is 0.197 e. The highest BCUT2D eigenvalue weighted by Gasteiger charge is 2.75. The first-order valence-electron chi connectivity index (χ1n) is 21.2. The Morgan fingerprint density at radius 3 is 2.07 bits per heavy atom. The minimum Gasteiger partial charge on any atom is -0.394 e. The first kappa shape index (κ1) is 41.2. The highest BCUT2D eigenvalue weighted by atomic mass is 16.8. The maximum atomic E-state index is 11.6. The van der Waals surface area contributed by atoms with Gasteiger partial charge in [-0.15, -0.1) is 0 Å². The van der Waals surface area contributed by atoms with Gasteiger partial charge in [0.05, 0.1) is 30.5 Å². The van der Waals surface area contributed by atoms with Crippen molar-refractivity contribution in [1.82, 2.24) is 0 Å². The normalized spacial score (nSPS) is 58.7. The highest BCUT2D eigenvalue weighted by Crippen LogP contribution is 2.78. The predicted octanol–water partition coefficient (Wildman–Crippen LogP) is 2.75. The standard InChI is InChI=1S/C42H70O13/c1-20-28(44)30(46)32(48)34(50-20)53-33-31(47)29(45)23(19-43)51-35(33)52-26-12-13-38(6)24(36(26,2)3)11-15-39(7)25(38)18-22-27-21(10-14-40(27,39)8)41(9)16-17-42(54-22,55-41)37(4,5)49/h20-35,43-49H,10-19H2,1-9H3. The number of aliphatic hydroxyl groups excluding tert-OH is 6. The predicted molar refractivity (Wildman–Crippen MR) is 197 cm³/mol. The number of ether oxygens (including phenoxy) is 6. The minimum absolute atomic E-state index is 0.0339. The molecule has 2 bridgehead atoms. The number of hydrogen-bond donors (Lipinski definition) is 7. The van der Waals surface area contributed by atoms with Crippen molar-refractivity contribution in [2.24, 2.45) is 45.3 Å². The summed E-state index contributed by atoms with van der Waals surface area (Å²) in [6.07, 6.45) is -5.69. The summed E-state index contributed by atoms with van der Waals surface area (Å²) >= 11 is 0. The van der Waals surface area contributed by atoms with Gasteiger partial charge < -0.3 is 64.2 Å². The molecular formula is C42H70O13. The van der Waals surface area contributed by atoms with Crippen LogP contribution in [0.4, 0.5) is 0 Å². The fraction of sp³-hybridized carbons (Fsp3) is 1.00. The largest absolute Gasteiger partial charge is 0.394 e. The van der Waals surface area contributed by atoms with Crippen LogP contribution in [-0.2, 0) is 28.4 Å². The van der Waals surface area contributed by atoms with E-state index in [0.29, 0.717) is 30.6 Å². The van der Waals surface area contributed by atoms with E-state index in [1.54, 1.807) is 0 Å². The summed E-state index contributed by atoms with van der Waals surface area (Å²) in [6, 6.07) is 0. The third-order valence-electron chi connectivity index (χ3n) is 17.9. The third-order valence-corrected chi connectivity index (χ3v) is 17.9. The van der Waals surface area contributed by atoms with Crippen LogP contribution >= 0.6 is 0 Å². The van der Waals surface area contributed by atoms with Gasteiger partial charge in [-0.2, -0.15) is 0 Å². The second-order valence-corrected chi connectivity index (χ2v) is 21.2. The Morgan fingerprint density at radius 1 is 0.709 bits per heavy atom. The fourth-order valence-electron chi connectivity index (χ4n) is 14.6. The second-order valence-electron chi connectivity index (χ2n) is 21.2. The van der Waals surface area contributed by atoms with Gasteiger partial charge in [0, 0.05) is 6.42 Å². The molecule has 0 aromatic heterocycles. The van der Waals surface area contributed by atoms with Crippen LogP contribution in [0.2, 0.25) is 0 Å². The molecule has 0 amide bonds. The molecule has 21 unspecified atom stereocenters. The summed E-state index contributed by atoms with van der Waals surface area (Å²) in [5.74, 6) is 0.275. The van der Waals surface area contributed by atoms with Crippen molar-refractivity contribution in [1.29, 1.82) is 0 Å². The number of fused-ring (bicyclic) bond motifs is 7. The third kappa shape index (κ3) is 5.72. The zero-order chi connectivity index (χ0) is 40.1.